The van der Waals surface area contributed by atoms with Crippen LogP contribution in [0.1, 0.15) is 90.2 Å². The van der Waals surface area contributed by atoms with Crippen LogP contribution < -0.4 is 20.1 Å². The molecule has 5 rings (SSSR count). The van der Waals surface area contributed by atoms with E-state index in [0.29, 0.717) is 62.1 Å². The summed E-state index contributed by atoms with van der Waals surface area (Å²) in [7, 11) is 3.78. The van der Waals surface area contributed by atoms with Gasteiger partial charge in [-0.3, -0.25) is 14.4 Å². The topological polar surface area (TPSA) is 144 Å². The van der Waals surface area contributed by atoms with Gasteiger partial charge in [0.05, 0.1) is 6.04 Å². The van der Waals surface area contributed by atoms with E-state index in [0.717, 1.165) is 31.4 Å². The fourth-order valence-corrected chi connectivity index (χ4v) is 8.06. The largest absolute Gasteiger partial charge is 0.477 e. The molecule has 1 aromatic rings. The summed E-state index contributed by atoms with van der Waals surface area (Å²) in [5.41, 5.74) is 1.30. The molecule has 12 heteroatoms. The molecule has 1 saturated carbocycles. The lowest BCUT2D eigenvalue weighted by Gasteiger charge is -2.57. The number of rotatable bonds is 12. The Balaban J connectivity index is 1.13. The molecule has 258 valence electrons. The Morgan fingerprint density at radius 1 is 1.17 bits per heavy atom. The van der Waals surface area contributed by atoms with Gasteiger partial charge < -0.3 is 34.6 Å². The number of hydrogen-bond acceptors (Lipinski definition) is 9. The molecule has 4 aliphatic rings. The normalized spacial score (nSPS) is 24.8. The number of amides is 3. The average molecular weight is 655 g/mol. The minimum absolute atomic E-state index is 0.115. The van der Waals surface area contributed by atoms with Gasteiger partial charge in [-0.25, -0.2) is 9.59 Å². The third-order valence-corrected chi connectivity index (χ3v) is 10.2. The van der Waals surface area contributed by atoms with Crippen molar-refractivity contribution in [2.45, 2.75) is 115 Å². The van der Waals surface area contributed by atoms with Crippen LogP contribution in [0.5, 0.6) is 11.5 Å². The molecule has 2 bridgehead atoms. The van der Waals surface area contributed by atoms with E-state index in [-0.39, 0.29) is 35.9 Å². The molecular formula is C35H50N4O8. The Kier molecular flexibility index (Phi) is 10.2. The Hall–Kier alpha value is -3.67. The number of nitrogens with zero attached hydrogens (tertiary/aromatic N) is 2. The van der Waals surface area contributed by atoms with Gasteiger partial charge in [-0.05, 0) is 96.9 Å². The molecule has 12 nitrogen and oxygen atoms in total. The lowest BCUT2D eigenvalue weighted by atomic mass is 9.52. The molecule has 1 aromatic carbocycles. The quantitative estimate of drug-likeness (QED) is 0.321. The number of hydrogen-bond donors (Lipinski definition) is 2. The minimum atomic E-state index is -0.642. The summed E-state index contributed by atoms with van der Waals surface area (Å²) in [4.78, 5) is 66.8. The lowest BCUT2D eigenvalue weighted by Crippen LogP contribution is -2.65. The number of carbonyl (C=O) groups excluding carboxylic acids is 5. The maximum Gasteiger partial charge on any atom is 0.415 e. The molecule has 1 saturated heterocycles. The molecule has 2 fully saturated rings. The monoisotopic (exact) mass is 654 g/mol. The van der Waals surface area contributed by atoms with Crippen molar-refractivity contribution in [2.24, 2.45) is 5.92 Å². The molecule has 1 unspecified atom stereocenters. The highest BCUT2D eigenvalue weighted by Crippen LogP contribution is 2.63. The van der Waals surface area contributed by atoms with Gasteiger partial charge in [0.1, 0.15) is 5.60 Å². The number of Topliss-reactive ketones (excluding diaryl/α,β-unsaturated/α-hetero) is 2. The summed E-state index contributed by atoms with van der Waals surface area (Å²) in [6, 6.07) is 3.52. The third kappa shape index (κ3) is 7.27. The van der Waals surface area contributed by atoms with Crippen LogP contribution in [0.3, 0.4) is 0 Å². The van der Waals surface area contributed by atoms with Crippen LogP contribution >= 0.6 is 0 Å². The number of ether oxygens (including phenoxy) is 3. The molecule has 3 amide bonds. The van der Waals surface area contributed by atoms with E-state index >= 15 is 0 Å². The SMILES string of the molecule is CC(=O)N[C@@H](CCCCNC(=O)OC(C)(C)C)C(=O)CCCN(C)C(=O)Oc1ccc2c3c1O[C@@H]1C(=O)CCC4[C@H](C2)N(C)CC[C@]341. The van der Waals surface area contributed by atoms with Crippen molar-refractivity contribution in [3.63, 3.8) is 0 Å². The summed E-state index contributed by atoms with van der Waals surface area (Å²) in [5, 5.41) is 5.43. The molecule has 5 atom stereocenters. The van der Waals surface area contributed by atoms with E-state index in [2.05, 4.69) is 22.6 Å². The maximum atomic E-state index is 13.2. The van der Waals surface area contributed by atoms with Gasteiger partial charge in [0.2, 0.25) is 5.91 Å². The first-order valence-electron chi connectivity index (χ1n) is 17.0. The van der Waals surface area contributed by atoms with Crippen molar-refractivity contribution in [1.29, 1.82) is 0 Å². The second-order valence-corrected chi connectivity index (χ2v) is 14.6. The zero-order chi connectivity index (χ0) is 34.1. The molecule has 1 spiro atoms. The molecule has 0 aromatic heterocycles. The van der Waals surface area contributed by atoms with Crippen LogP contribution in [-0.2, 0) is 31.0 Å². The van der Waals surface area contributed by atoms with Crippen LogP contribution in [0.4, 0.5) is 9.59 Å². The van der Waals surface area contributed by atoms with Crippen molar-refractivity contribution >= 4 is 29.7 Å². The predicted octanol–water partition coefficient (Wildman–Crippen LogP) is 3.90. The highest BCUT2D eigenvalue weighted by atomic mass is 16.6. The zero-order valence-electron chi connectivity index (χ0n) is 28.6. The van der Waals surface area contributed by atoms with E-state index in [1.54, 1.807) is 33.9 Å². The number of unbranched alkanes of at least 4 members (excludes halogenated alkanes) is 1. The molecule has 47 heavy (non-hydrogen) atoms. The van der Waals surface area contributed by atoms with Crippen molar-refractivity contribution in [3.05, 3.63) is 23.3 Å². The summed E-state index contributed by atoms with van der Waals surface area (Å²) >= 11 is 0. The number of ketones is 2. The van der Waals surface area contributed by atoms with E-state index in [9.17, 15) is 24.0 Å². The molecule has 2 heterocycles. The number of piperidine rings is 1. The summed E-state index contributed by atoms with van der Waals surface area (Å²) in [5.74, 6) is 0.917. The van der Waals surface area contributed by atoms with Gasteiger partial charge in [-0.15, -0.1) is 0 Å². The first-order valence-corrected chi connectivity index (χ1v) is 17.0. The number of likely N-dealkylation sites (tertiary alicyclic amines) is 1. The lowest BCUT2D eigenvalue weighted by molar-refractivity contribution is -0.138. The van der Waals surface area contributed by atoms with E-state index in [4.69, 9.17) is 14.2 Å². The molecule has 2 N–H and O–H groups in total. The van der Waals surface area contributed by atoms with Crippen molar-refractivity contribution in [2.75, 3.05) is 33.7 Å². The summed E-state index contributed by atoms with van der Waals surface area (Å²) in [6.45, 7) is 8.32. The predicted molar refractivity (Wildman–Crippen MR) is 174 cm³/mol. The Bertz CT molecular complexity index is 1410. The van der Waals surface area contributed by atoms with Gasteiger partial charge in [-0.2, -0.15) is 0 Å². The molecule has 2 aliphatic heterocycles. The smallest absolute Gasteiger partial charge is 0.415 e. The number of carbonyl (C=O) groups is 5. The average Bonchev–Trinajstić information content (AvgIpc) is 3.35. The number of alkyl carbamates (subject to hydrolysis) is 1. The van der Waals surface area contributed by atoms with E-state index in [1.165, 1.54) is 17.4 Å². The van der Waals surface area contributed by atoms with Gasteiger partial charge in [0, 0.05) is 56.9 Å². The second-order valence-electron chi connectivity index (χ2n) is 14.6. The van der Waals surface area contributed by atoms with Gasteiger partial charge in [-0.1, -0.05) is 6.07 Å². The first-order chi connectivity index (χ1) is 22.2. The van der Waals surface area contributed by atoms with Crippen LogP contribution in [0, 0.1) is 5.92 Å². The van der Waals surface area contributed by atoms with Crippen molar-refractivity contribution in [3.8, 4) is 11.5 Å². The van der Waals surface area contributed by atoms with Crippen LogP contribution in [0.15, 0.2) is 12.1 Å². The van der Waals surface area contributed by atoms with E-state index in [1.807, 2.05) is 6.07 Å². The maximum absolute atomic E-state index is 13.2. The number of benzene rings is 1. The fourth-order valence-electron chi connectivity index (χ4n) is 8.06. The highest BCUT2D eigenvalue weighted by molar-refractivity contribution is 5.90. The zero-order valence-corrected chi connectivity index (χ0v) is 28.6. The van der Waals surface area contributed by atoms with E-state index < -0.39 is 29.9 Å². The van der Waals surface area contributed by atoms with Gasteiger partial charge in [0.25, 0.3) is 0 Å². The molecule has 0 radical (unpaired) electrons. The Labute approximate surface area is 277 Å². The standard InChI is InChI=1S/C35H50N4O8/c1-21(40)37-24(10-7-8-17-36-32(43)47-34(2,3)4)26(41)11-9-18-39(6)33(44)45-28-15-12-22-20-25-23-13-14-27(42)31-35(23,16-19-38(25)5)29(22)30(28)46-31/h12,15,23-25,31H,7-11,13-14,16-20H2,1-6H3,(H,36,43)(H,37,40)/t23?,24-,25-,31+,35+/m0/s1. The molecular weight excluding hydrogens is 604 g/mol. The van der Waals surface area contributed by atoms with Crippen molar-refractivity contribution in [1.82, 2.24) is 20.4 Å². The first kappa shape index (κ1) is 34.7. The van der Waals surface area contributed by atoms with Gasteiger partial charge in [0.15, 0.2) is 29.2 Å². The number of likely N-dealkylation sites (N-methyl/N-ethyl adjacent to an activating group) is 1. The van der Waals surface area contributed by atoms with Crippen LogP contribution in [-0.4, -0.2) is 97.0 Å². The minimum Gasteiger partial charge on any atom is -0.477 e. The van der Waals surface area contributed by atoms with Crippen LogP contribution in [0.25, 0.3) is 0 Å². The summed E-state index contributed by atoms with van der Waals surface area (Å²) < 4.78 is 17.5. The second kappa shape index (κ2) is 13.8. The van der Waals surface area contributed by atoms with Crippen LogP contribution in [0.2, 0.25) is 0 Å². The van der Waals surface area contributed by atoms with Gasteiger partial charge >= 0.3 is 12.2 Å². The van der Waals surface area contributed by atoms with Crippen molar-refractivity contribution < 1.29 is 38.2 Å². The molecule has 2 aliphatic carbocycles. The number of nitrogens with one attached hydrogen (secondary N) is 2. The Morgan fingerprint density at radius 2 is 1.94 bits per heavy atom. The fraction of sp³-hybridized carbons (Fsp3) is 0.686. The highest BCUT2D eigenvalue weighted by Gasteiger charge is 2.65. The summed E-state index contributed by atoms with van der Waals surface area (Å²) in [6.07, 6.45) is 3.75. The third-order valence-electron chi connectivity index (χ3n) is 10.2. The Morgan fingerprint density at radius 3 is 2.66 bits per heavy atom.